The summed E-state index contributed by atoms with van der Waals surface area (Å²) in [7, 11) is -3.54. The number of sulfonamides is 1. The predicted molar refractivity (Wildman–Crippen MR) is 95.3 cm³/mol. The SMILES string of the molecule is CC1CCC(NS(=O)(=O)CC(=O)NCCCN2CCNCC2)CC1. The first-order chi connectivity index (χ1) is 11.4. The molecule has 1 saturated carbocycles. The summed E-state index contributed by atoms with van der Waals surface area (Å²) in [5.74, 6) is -0.205. The third kappa shape index (κ3) is 7.46. The number of carbonyl (C=O) groups is 1. The van der Waals surface area contributed by atoms with Crippen LogP contribution in [0.3, 0.4) is 0 Å². The fourth-order valence-electron chi connectivity index (χ4n) is 3.36. The minimum absolute atomic E-state index is 0.00768. The zero-order valence-corrected chi connectivity index (χ0v) is 15.5. The van der Waals surface area contributed by atoms with Gasteiger partial charge in [0.15, 0.2) is 0 Å². The molecule has 1 amide bonds. The second kappa shape index (κ2) is 9.70. The molecule has 7 nitrogen and oxygen atoms in total. The van der Waals surface area contributed by atoms with E-state index in [1.54, 1.807) is 0 Å². The molecule has 1 heterocycles. The highest BCUT2D eigenvalue weighted by molar-refractivity contribution is 7.90. The molecule has 0 aromatic rings. The second-order valence-corrected chi connectivity index (χ2v) is 8.88. The molecule has 8 heteroatoms. The van der Waals surface area contributed by atoms with E-state index in [1.807, 2.05) is 0 Å². The molecule has 24 heavy (non-hydrogen) atoms. The lowest BCUT2D eigenvalue weighted by molar-refractivity contribution is -0.118. The molecule has 1 aliphatic heterocycles. The first-order valence-corrected chi connectivity index (χ1v) is 10.8. The molecule has 0 atom stereocenters. The molecule has 0 bridgehead atoms. The predicted octanol–water partition coefficient (Wildman–Crippen LogP) is -0.104. The third-order valence-corrected chi connectivity index (χ3v) is 6.20. The van der Waals surface area contributed by atoms with E-state index in [1.165, 1.54) is 0 Å². The fourth-order valence-corrected chi connectivity index (χ4v) is 4.64. The van der Waals surface area contributed by atoms with E-state index in [0.717, 1.165) is 64.8 Å². The second-order valence-electron chi connectivity index (χ2n) is 7.13. The molecule has 0 aromatic heterocycles. The monoisotopic (exact) mass is 360 g/mol. The van der Waals surface area contributed by atoms with Gasteiger partial charge < -0.3 is 15.5 Å². The van der Waals surface area contributed by atoms with E-state index in [0.29, 0.717) is 12.5 Å². The smallest absolute Gasteiger partial charge is 0.236 e. The lowest BCUT2D eigenvalue weighted by Crippen LogP contribution is -2.45. The number of amides is 1. The average Bonchev–Trinajstić information content (AvgIpc) is 2.54. The summed E-state index contributed by atoms with van der Waals surface area (Å²) in [5, 5.41) is 6.02. The number of hydrogen-bond acceptors (Lipinski definition) is 5. The Morgan fingerprint density at radius 1 is 1.17 bits per heavy atom. The molecule has 3 N–H and O–H groups in total. The fraction of sp³-hybridized carbons (Fsp3) is 0.938. The van der Waals surface area contributed by atoms with Crippen molar-refractivity contribution in [3.63, 3.8) is 0 Å². The summed E-state index contributed by atoms with van der Waals surface area (Å²) in [6.45, 7) is 7.75. The lowest BCUT2D eigenvalue weighted by Gasteiger charge is -2.27. The maximum Gasteiger partial charge on any atom is 0.236 e. The van der Waals surface area contributed by atoms with Gasteiger partial charge >= 0.3 is 0 Å². The number of carbonyl (C=O) groups excluding carboxylic acids is 1. The van der Waals surface area contributed by atoms with Crippen molar-refractivity contribution in [2.75, 3.05) is 45.0 Å². The standard InChI is InChI=1S/C16H32N4O3S/c1-14-3-5-15(6-4-14)19-24(22,23)13-16(21)18-7-2-10-20-11-8-17-9-12-20/h14-15,17,19H,2-13H2,1H3,(H,18,21). The largest absolute Gasteiger partial charge is 0.355 e. The van der Waals surface area contributed by atoms with Gasteiger partial charge in [0.1, 0.15) is 5.75 Å². The number of nitrogens with one attached hydrogen (secondary N) is 3. The van der Waals surface area contributed by atoms with Gasteiger partial charge in [-0.05, 0) is 44.6 Å². The summed E-state index contributed by atoms with van der Waals surface area (Å²) in [4.78, 5) is 14.2. The van der Waals surface area contributed by atoms with Crippen LogP contribution in [-0.2, 0) is 14.8 Å². The highest BCUT2D eigenvalue weighted by Crippen LogP contribution is 2.23. The minimum atomic E-state index is -3.54. The van der Waals surface area contributed by atoms with Crippen LogP contribution in [0.2, 0.25) is 0 Å². The Balaban J connectivity index is 1.59. The van der Waals surface area contributed by atoms with Gasteiger partial charge in [-0.3, -0.25) is 4.79 Å². The Morgan fingerprint density at radius 3 is 2.50 bits per heavy atom. The van der Waals surface area contributed by atoms with Crippen molar-refractivity contribution in [2.24, 2.45) is 5.92 Å². The molecule has 0 spiro atoms. The van der Waals surface area contributed by atoms with Crippen LogP contribution >= 0.6 is 0 Å². The Kier molecular flexibility index (Phi) is 7.93. The lowest BCUT2D eigenvalue weighted by atomic mass is 9.88. The molecular formula is C16H32N4O3S. The Morgan fingerprint density at radius 2 is 1.83 bits per heavy atom. The van der Waals surface area contributed by atoms with Crippen LogP contribution in [0.1, 0.15) is 39.0 Å². The highest BCUT2D eigenvalue weighted by Gasteiger charge is 2.24. The Hall–Kier alpha value is -0.700. The van der Waals surface area contributed by atoms with E-state index < -0.39 is 21.7 Å². The molecule has 0 unspecified atom stereocenters. The molecule has 1 aliphatic carbocycles. The zero-order valence-electron chi connectivity index (χ0n) is 14.7. The van der Waals surface area contributed by atoms with Crippen molar-refractivity contribution in [3.8, 4) is 0 Å². The average molecular weight is 361 g/mol. The first-order valence-electron chi connectivity index (χ1n) is 9.14. The van der Waals surface area contributed by atoms with Crippen LogP contribution < -0.4 is 15.4 Å². The molecule has 1 saturated heterocycles. The van der Waals surface area contributed by atoms with E-state index in [2.05, 4.69) is 27.2 Å². The quantitative estimate of drug-likeness (QED) is 0.526. The summed E-state index contributed by atoms with van der Waals surface area (Å²) in [6.07, 6.45) is 4.68. The maximum atomic E-state index is 12.1. The van der Waals surface area contributed by atoms with Crippen molar-refractivity contribution in [1.29, 1.82) is 0 Å². The van der Waals surface area contributed by atoms with Crippen LogP contribution in [0.15, 0.2) is 0 Å². The van der Waals surface area contributed by atoms with Gasteiger partial charge in [-0.25, -0.2) is 13.1 Å². The van der Waals surface area contributed by atoms with Gasteiger partial charge in [0.05, 0.1) is 0 Å². The molecular weight excluding hydrogens is 328 g/mol. The molecule has 2 fully saturated rings. The van der Waals surface area contributed by atoms with Gasteiger partial charge in [-0.1, -0.05) is 6.92 Å². The molecule has 0 aromatic carbocycles. The van der Waals surface area contributed by atoms with Crippen LogP contribution in [0.4, 0.5) is 0 Å². The van der Waals surface area contributed by atoms with Gasteiger partial charge in [0.2, 0.25) is 15.9 Å². The van der Waals surface area contributed by atoms with Gasteiger partial charge in [-0.2, -0.15) is 0 Å². The van der Waals surface area contributed by atoms with Gasteiger partial charge in [-0.15, -0.1) is 0 Å². The van der Waals surface area contributed by atoms with Crippen molar-refractivity contribution >= 4 is 15.9 Å². The van der Waals surface area contributed by atoms with Crippen LogP contribution in [0.25, 0.3) is 0 Å². The van der Waals surface area contributed by atoms with E-state index in [9.17, 15) is 13.2 Å². The topological polar surface area (TPSA) is 90.5 Å². The van der Waals surface area contributed by atoms with Crippen molar-refractivity contribution < 1.29 is 13.2 Å². The van der Waals surface area contributed by atoms with E-state index in [4.69, 9.17) is 0 Å². The Labute approximate surface area is 146 Å². The van der Waals surface area contributed by atoms with Crippen LogP contribution in [0, 0.1) is 5.92 Å². The molecule has 140 valence electrons. The molecule has 2 aliphatic rings. The van der Waals surface area contributed by atoms with Crippen LogP contribution in [-0.4, -0.2) is 70.3 Å². The van der Waals surface area contributed by atoms with Gasteiger partial charge in [0, 0.05) is 38.8 Å². The van der Waals surface area contributed by atoms with Crippen molar-refractivity contribution in [2.45, 2.75) is 45.1 Å². The first kappa shape index (κ1) is 19.6. The number of nitrogens with zero attached hydrogens (tertiary/aromatic N) is 1. The maximum absolute atomic E-state index is 12.1. The summed E-state index contributed by atoms with van der Waals surface area (Å²) in [6, 6.07) is -0.00768. The number of hydrogen-bond donors (Lipinski definition) is 3. The summed E-state index contributed by atoms with van der Waals surface area (Å²) < 4.78 is 26.9. The molecule has 0 radical (unpaired) electrons. The van der Waals surface area contributed by atoms with Crippen LogP contribution in [0.5, 0.6) is 0 Å². The zero-order chi connectivity index (χ0) is 17.4. The minimum Gasteiger partial charge on any atom is -0.355 e. The van der Waals surface area contributed by atoms with E-state index >= 15 is 0 Å². The third-order valence-electron chi connectivity index (χ3n) is 4.87. The Bertz CT molecular complexity index is 484. The molecule has 2 rings (SSSR count). The van der Waals surface area contributed by atoms with Gasteiger partial charge in [0.25, 0.3) is 0 Å². The normalized spacial score (nSPS) is 26.2. The summed E-state index contributed by atoms with van der Waals surface area (Å²) >= 11 is 0. The van der Waals surface area contributed by atoms with Crippen molar-refractivity contribution in [3.05, 3.63) is 0 Å². The number of piperazine rings is 1. The number of rotatable bonds is 8. The highest BCUT2D eigenvalue weighted by atomic mass is 32.2. The summed E-state index contributed by atoms with van der Waals surface area (Å²) in [5.41, 5.74) is 0. The van der Waals surface area contributed by atoms with E-state index in [-0.39, 0.29) is 6.04 Å². The van der Waals surface area contributed by atoms with Crippen molar-refractivity contribution in [1.82, 2.24) is 20.3 Å².